The first-order chi connectivity index (χ1) is 7.04. The Kier molecular flexibility index (Phi) is 2.16. The molecule has 3 rings (SSSR count). The van der Waals surface area contributed by atoms with Gasteiger partial charge in [0.1, 0.15) is 0 Å². The summed E-state index contributed by atoms with van der Waals surface area (Å²) in [5.74, 6) is 2.50. The molecular formula is C13H22O2. The van der Waals surface area contributed by atoms with Crippen LogP contribution < -0.4 is 0 Å². The molecule has 5 unspecified atom stereocenters. The first-order valence-electron chi connectivity index (χ1n) is 6.28. The van der Waals surface area contributed by atoms with E-state index in [9.17, 15) is 0 Å². The smallest absolute Gasteiger partial charge is 0.0871 e. The maximum absolute atomic E-state index is 6.11. The molecule has 2 heteroatoms. The summed E-state index contributed by atoms with van der Waals surface area (Å²) < 4.78 is 12.0. The molecule has 86 valence electrons. The van der Waals surface area contributed by atoms with E-state index in [-0.39, 0.29) is 5.41 Å². The van der Waals surface area contributed by atoms with Crippen molar-refractivity contribution in [3.8, 4) is 0 Å². The third-order valence-corrected chi connectivity index (χ3v) is 4.21. The number of ether oxygens (including phenoxy) is 2. The fourth-order valence-electron chi connectivity index (χ4n) is 3.61. The Balaban J connectivity index is 1.64. The van der Waals surface area contributed by atoms with E-state index in [0.29, 0.717) is 12.2 Å². The summed E-state index contributed by atoms with van der Waals surface area (Å²) >= 11 is 0. The Morgan fingerprint density at radius 2 is 2.00 bits per heavy atom. The second-order valence-electron chi connectivity index (χ2n) is 6.79. The summed E-state index contributed by atoms with van der Waals surface area (Å²) in [6, 6.07) is 0. The van der Waals surface area contributed by atoms with Crippen molar-refractivity contribution in [2.75, 3.05) is 13.2 Å². The van der Waals surface area contributed by atoms with Crippen molar-refractivity contribution < 1.29 is 9.47 Å². The maximum Gasteiger partial charge on any atom is 0.0871 e. The topological polar surface area (TPSA) is 18.5 Å². The molecule has 5 atom stereocenters. The Hall–Kier alpha value is -0.0800. The molecule has 1 aliphatic heterocycles. The number of hydrogen-bond donors (Lipinski definition) is 0. The Morgan fingerprint density at radius 3 is 2.73 bits per heavy atom. The normalized spacial score (nSPS) is 47.8. The van der Waals surface area contributed by atoms with Gasteiger partial charge in [-0.15, -0.1) is 0 Å². The molecule has 0 aromatic heterocycles. The van der Waals surface area contributed by atoms with Gasteiger partial charge in [0.2, 0.25) is 0 Å². The SMILES string of the molecule is CC(C)(C)COC1C2CC3COC1C3C2. The molecule has 0 aromatic carbocycles. The second-order valence-corrected chi connectivity index (χ2v) is 6.79. The van der Waals surface area contributed by atoms with Crippen LogP contribution in [0.5, 0.6) is 0 Å². The van der Waals surface area contributed by atoms with Crippen molar-refractivity contribution in [2.45, 2.75) is 45.8 Å². The fourth-order valence-corrected chi connectivity index (χ4v) is 3.61. The van der Waals surface area contributed by atoms with Crippen molar-refractivity contribution in [1.82, 2.24) is 0 Å². The highest BCUT2D eigenvalue weighted by Gasteiger charge is 2.57. The summed E-state index contributed by atoms with van der Waals surface area (Å²) in [5.41, 5.74) is 0.278. The maximum atomic E-state index is 6.11. The van der Waals surface area contributed by atoms with E-state index < -0.39 is 0 Å². The predicted molar refractivity (Wildman–Crippen MR) is 58.6 cm³/mol. The zero-order chi connectivity index (χ0) is 10.6. The minimum absolute atomic E-state index is 0.278. The summed E-state index contributed by atoms with van der Waals surface area (Å²) in [6.07, 6.45) is 3.57. The molecular weight excluding hydrogens is 188 g/mol. The van der Waals surface area contributed by atoms with Crippen LogP contribution in [0.1, 0.15) is 33.6 Å². The lowest BCUT2D eigenvalue weighted by molar-refractivity contribution is -0.0771. The van der Waals surface area contributed by atoms with Crippen molar-refractivity contribution >= 4 is 0 Å². The van der Waals surface area contributed by atoms with Crippen LogP contribution in [0.3, 0.4) is 0 Å². The third kappa shape index (κ3) is 1.62. The van der Waals surface area contributed by atoms with E-state index in [4.69, 9.17) is 9.47 Å². The molecule has 0 aromatic rings. The zero-order valence-electron chi connectivity index (χ0n) is 10.0. The molecule has 0 N–H and O–H groups in total. The van der Waals surface area contributed by atoms with Gasteiger partial charge in [0, 0.05) is 0 Å². The van der Waals surface area contributed by atoms with Gasteiger partial charge in [0.15, 0.2) is 0 Å². The molecule has 0 spiro atoms. The first-order valence-corrected chi connectivity index (χ1v) is 6.28. The lowest BCUT2D eigenvalue weighted by atomic mass is 9.88. The molecule has 15 heavy (non-hydrogen) atoms. The van der Waals surface area contributed by atoms with E-state index in [1.807, 2.05) is 0 Å². The standard InChI is InChI=1S/C13H22O2/c1-13(2,3)7-15-11-8-4-9-6-14-12(11)10(9)5-8/h8-12H,4-7H2,1-3H3. The van der Waals surface area contributed by atoms with Crippen LogP contribution in [0.2, 0.25) is 0 Å². The molecule has 1 saturated heterocycles. The lowest BCUT2D eigenvalue weighted by Gasteiger charge is -2.29. The van der Waals surface area contributed by atoms with Crippen molar-refractivity contribution in [3.63, 3.8) is 0 Å². The van der Waals surface area contributed by atoms with E-state index >= 15 is 0 Å². The average Bonchev–Trinajstić information content (AvgIpc) is 2.68. The van der Waals surface area contributed by atoms with Crippen molar-refractivity contribution in [3.05, 3.63) is 0 Å². The minimum Gasteiger partial charge on any atom is -0.375 e. The Morgan fingerprint density at radius 1 is 1.20 bits per heavy atom. The van der Waals surface area contributed by atoms with Crippen LogP contribution in [-0.4, -0.2) is 25.4 Å². The lowest BCUT2D eigenvalue weighted by Crippen LogP contribution is -2.36. The van der Waals surface area contributed by atoms with Crippen LogP contribution in [0.25, 0.3) is 0 Å². The van der Waals surface area contributed by atoms with Gasteiger partial charge in [-0.05, 0) is 36.0 Å². The van der Waals surface area contributed by atoms with Gasteiger partial charge in [-0.2, -0.15) is 0 Å². The van der Waals surface area contributed by atoms with E-state index in [2.05, 4.69) is 20.8 Å². The van der Waals surface area contributed by atoms with Crippen LogP contribution >= 0.6 is 0 Å². The van der Waals surface area contributed by atoms with Crippen LogP contribution in [0.15, 0.2) is 0 Å². The molecule has 3 aliphatic rings. The van der Waals surface area contributed by atoms with E-state index in [0.717, 1.165) is 31.0 Å². The van der Waals surface area contributed by atoms with Gasteiger partial charge < -0.3 is 9.47 Å². The molecule has 0 radical (unpaired) electrons. The summed E-state index contributed by atoms with van der Waals surface area (Å²) in [4.78, 5) is 0. The van der Waals surface area contributed by atoms with Gasteiger partial charge in [0.05, 0.1) is 25.4 Å². The molecule has 2 saturated carbocycles. The summed E-state index contributed by atoms with van der Waals surface area (Å²) in [5, 5.41) is 0. The second kappa shape index (κ2) is 3.21. The first kappa shape index (κ1) is 10.1. The number of fused-ring (bicyclic) bond motifs is 1. The molecule has 2 nitrogen and oxygen atoms in total. The average molecular weight is 210 g/mol. The number of rotatable bonds is 2. The highest BCUT2D eigenvalue weighted by atomic mass is 16.5. The molecule has 2 aliphatic carbocycles. The molecule has 0 amide bonds. The number of hydrogen-bond acceptors (Lipinski definition) is 2. The highest BCUT2D eigenvalue weighted by Crippen LogP contribution is 2.54. The largest absolute Gasteiger partial charge is 0.375 e. The Labute approximate surface area is 92.3 Å². The summed E-state index contributed by atoms with van der Waals surface area (Å²) in [7, 11) is 0. The van der Waals surface area contributed by atoms with Crippen LogP contribution in [0, 0.1) is 23.2 Å². The van der Waals surface area contributed by atoms with Gasteiger partial charge in [-0.3, -0.25) is 0 Å². The molecule has 2 bridgehead atoms. The van der Waals surface area contributed by atoms with Gasteiger partial charge >= 0.3 is 0 Å². The van der Waals surface area contributed by atoms with Gasteiger partial charge in [-0.1, -0.05) is 20.8 Å². The summed E-state index contributed by atoms with van der Waals surface area (Å²) in [6.45, 7) is 8.57. The van der Waals surface area contributed by atoms with Gasteiger partial charge in [0.25, 0.3) is 0 Å². The van der Waals surface area contributed by atoms with Gasteiger partial charge in [-0.25, -0.2) is 0 Å². The Bertz CT molecular complexity index is 254. The minimum atomic E-state index is 0.278. The van der Waals surface area contributed by atoms with Crippen molar-refractivity contribution in [2.24, 2.45) is 23.2 Å². The quantitative estimate of drug-likeness (QED) is 0.697. The van der Waals surface area contributed by atoms with E-state index in [1.165, 1.54) is 12.8 Å². The van der Waals surface area contributed by atoms with Crippen LogP contribution in [-0.2, 0) is 9.47 Å². The van der Waals surface area contributed by atoms with Crippen LogP contribution in [0.4, 0.5) is 0 Å². The molecule has 1 heterocycles. The monoisotopic (exact) mass is 210 g/mol. The predicted octanol–water partition coefficient (Wildman–Crippen LogP) is 2.47. The fraction of sp³-hybridized carbons (Fsp3) is 1.00. The van der Waals surface area contributed by atoms with E-state index in [1.54, 1.807) is 0 Å². The third-order valence-electron chi connectivity index (χ3n) is 4.21. The van der Waals surface area contributed by atoms with Crippen molar-refractivity contribution in [1.29, 1.82) is 0 Å². The highest BCUT2D eigenvalue weighted by molar-refractivity contribution is 5.06. The zero-order valence-corrected chi connectivity index (χ0v) is 10.0. The molecule has 3 fully saturated rings.